The van der Waals surface area contributed by atoms with E-state index < -0.39 is 0 Å². The topological polar surface area (TPSA) is 38.0 Å². The molecule has 3 heteroatoms. The van der Waals surface area contributed by atoms with Gasteiger partial charge in [0.15, 0.2) is 0 Å². The van der Waals surface area contributed by atoms with Crippen LogP contribution in [0.15, 0.2) is 35.7 Å². The van der Waals surface area contributed by atoms with Gasteiger partial charge in [-0.3, -0.25) is 11.3 Å². The highest BCUT2D eigenvalue weighted by atomic mass is 32.1. The number of hydrogen-bond acceptors (Lipinski definition) is 3. The molecule has 1 heterocycles. The van der Waals surface area contributed by atoms with Crippen molar-refractivity contribution in [1.29, 1.82) is 0 Å². The summed E-state index contributed by atoms with van der Waals surface area (Å²) in [6, 6.07) is 11.4. The van der Waals surface area contributed by atoms with E-state index in [2.05, 4.69) is 48.1 Å². The Morgan fingerprint density at radius 3 is 2.80 bits per heavy atom. The number of benzene rings is 1. The molecule has 0 saturated carbocycles. The van der Waals surface area contributed by atoms with E-state index in [1.165, 1.54) is 36.0 Å². The summed E-state index contributed by atoms with van der Waals surface area (Å²) >= 11 is 1.89. The van der Waals surface area contributed by atoms with E-state index in [4.69, 9.17) is 5.84 Å². The van der Waals surface area contributed by atoms with Crippen LogP contribution < -0.4 is 11.3 Å². The van der Waals surface area contributed by atoms with Crippen LogP contribution >= 0.6 is 11.3 Å². The van der Waals surface area contributed by atoms with Crippen molar-refractivity contribution >= 4 is 11.3 Å². The summed E-state index contributed by atoms with van der Waals surface area (Å²) < 4.78 is 0. The molecule has 0 spiro atoms. The number of aryl methyl sites for hydroxylation is 2. The Morgan fingerprint density at radius 2 is 2.10 bits per heavy atom. The third kappa shape index (κ3) is 2.53. The van der Waals surface area contributed by atoms with Gasteiger partial charge in [-0.15, -0.1) is 11.3 Å². The number of nitrogens with two attached hydrogens (primary N) is 1. The standard InChI is InChI=1S/C17H22N2S/c1-2-12-6-8-13(9-7-12)17(19-18)15-4-3-5-16-14(15)10-11-20-16/h6-11,15,17,19H,2-5,18H2,1H3. The molecule has 1 aliphatic carbocycles. The van der Waals surface area contributed by atoms with Gasteiger partial charge >= 0.3 is 0 Å². The van der Waals surface area contributed by atoms with Crippen LogP contribution in [0.25, 0.3) is 0 Å². The molecule has 2 nitrogen and oxygen atoms in total. The molecule has 1 aromatic carbocycles. The summed E-state index contributed by atoms with van der Waals surface area (Å²) in [6.07, 6.45) is 4.80. The van der Waals surface area contributed by atoms with Crippen LogP contribution in [0, 0.1) is 0 Å². The summed E-state index contributed by atoms with van der Waals surface area (Å²) in [5, 5.41) is 2.22. The summed E-state index contributed by atoms with van der Waals surface area (Å²) in [6.45, 7) is 2.19. The van der Waals surface area contributed by atoms with Gasteiger partial charge in [-0.05, 0) is 53.8 Å². The fraction of sp³-hybridized carbons (Fsp3) is 0.412. The first-order valence-electron chi connectivity index (χ1n) is 7.44. The average molecular weight is 286 g/mol. The van der Waals surface area contributed by atoms with Crippen LogP contribution in [0.5, 0.6) is 0 Å². The van der Waals surface area contributed by atoms with E-state index in [-0.39, 0.29) is 6.04 Å². The van der Waals surface area contributed by atoms with Crippen LogP contribution in [-0.2, 0) is 12.8 Å². The number of rotatable bonds is 4. The van der Waals surface area contributed by atoms with Crippen molar-refractivity contribution in [2.75, 3.05) is 0 Å². The van der Waals surface area contributed by atoms with Crippen molar-refractivity contribution in [2.24, 2.45) is 5.84 Å². The first kappa shape index (κ1) is 13.8. The van der Waals surface area contributed by atoms with Crippen LogP contribution in [0.4, 0.5) is 0 Å². The monoisotopic (exact) mass is 286 g/mol. The molecule has 20 heavy (non-hydrogen) atoms. The first-order chi connectivity index (χ1) is 9.83. The molecule has 3 rings (SSSR count). The highest BCUT2D eigenvalue weighted by Gasteiger charge is 2.29. The van der Waals surface area contributed by atoms with Crippen LogP contribution in [0.2, 0.25) is 0 Å². The van der Waals surface area contributed by atoms with E-state index >= 15 is 0 Å². The Morgan fingerprint density at radius 1 is 1.30 bits per heavy atom. The summed E-state index contributed by atoms with van der Waals surface area (Å²) in [7, 11) is 0. The second-order valence-corrected chi connectivity index (χ2v) is 6.54. The quantitative estimate of drug-likeness (QED) is 0.660. The number of hydrazine groups is 1. The Bertz CT molecular complexity index is 559. The Hall–Kier alpha value is -1.16. The fourth-order valence-electron chi connectivity index (χ4n) is 3.27. The smallest absolute Gasteiger partial charge is 0.0528 e. The van der Waals surface area contributed by atoms with Crippen molar-refractivity contribution < 1.29 is 0 Å². The van der Waals surface area contributed by atoms with Crippen molar-refractivity contribution in [3.05, 3.63) is 57.3 Å². The third-order valence-electron chi connectivity index (χ3n) is 4.43. The zero-order valence-corrected chi connectivity index (χ0v) is 12.7. The molecule has 2 aromatic rings. The second kappa shape index (κ2) is 6.08. The highest BCUT2D eigenvalue weighted by Crippen LogP contribution is 2.42. The van der Waals surface area contributed by atoms with Crippen molar-refractivity contribution in [3.8, 4) is 0 Å². The lowest BCUT2D eigenvalue weighted by atomic mass is 9.80. The zero-order chi connectivity index (χ0) is 13.9. The van der Waals surface area contributed by atoms with Gasteiger partial charge in [-0.25, -0.2) is 0 Å². The maximum Gasteiger partial charge on any atom is 0.0528 e. The molecule has 0 bridgehead atoms. The lowest BCUT2D eigenvalue weighted by Gasteiger charge is -2.30. The number of nitrogens with one attached hydrogen (secondary N) is 1. The maximum atomic E-state index is 5.89. The molecular formula is C17H22N2S. The Balaban J connectivity index is 1.90. The predicted octanol–water partition coefficient (Wildman–Crippen LogP) is 3.94. The Kier molecular flexibility index (Phi) is 4.20. The van der Waals surface area contributed by atoms with E-state index in [0.717, 1.165) is 6.42 Å². The molecule has 0 saturated heterocycles. The Labute approximate surface area is 125 Å². The van der Waals surface area contributed by atoms with E-state index in [1.807, 2.05) is 11.3 Å². The SMILES string of the molecule is CCc1ccc(C(NN)C2CCCc3sccc32)cc1. The molecule has 1 aromatic heterocycles. The molecule has 1 aliphatic rings. The van der Waals surface area contributed by atoms with Gasteiger partial charge in [-0.1, -0.05) is 31.2 Å². The predicted molar refractivity (Wildman–Crippen MR) is 85.9 cm³/mol. The minimum Gasteiger partial charge on any atom is -0.271 e. The summed E-state index contributed by atoms with van der Waals surface area (Å²) in [5.41, 5.74) is 7.24. The van der Waals surface area contributed by atoms with E-state index in [9.17, 15) is 0 Å². The van der Waals surface area contributed by atoms with Gasteiger partial charge in [0.1, 0.15) is 0 Å². The maximum absolute atomic E-state index is 5.89. The molecular weight excluding hydrogens is 264 g/mol. The summed E-state index contributed by atoms with van der Waals surface area (Å²) in [5.74, 6) is 6.39. The number of thiophene rings is 1. The molecule has 0 amide bonds. The van der Waals surface area contributed by atoms with Crippen LogP contribution in [-0.4, -0.2) is 0 Å². The van der Waals surface area contributed by atoms with Gasteiger partial charge in [0.2, 0.25) is 0 Å². The normalized spacial score (nSPS) is 19.6. The minimum atomic E-state index is 0.217. The summed E-state index contributed by atoms with van der Waals surface area (Å²) in [4.78, 5) is 1.55. The van der Waals surface area contributed by atoms with E-state index in [0.29, 0.717) is 5.92 Å². The molecule has 0 radical (unpaired) electrons. The molecule has 0 aliphatic heterocycles. The highest BCUT2D eigenvalue weighted by molar-refractivity contribution is 7.10. The van der Waals surface area contributed by atoms with Crippen LogP contribution in [0.1, 0.15) is 53.3 Å². The molecule has 2 unspecified atom stereocenters. The average Bonchev–Trinajstić information content (AvgIpc) is 2.98. The van der Waals surface area contributed by atoms with Gasteiger partial charge in [-0.2, -0.15) is 0 Å². The molecule has 3 N–H and O–H groups in total. The largest absolute Gasteiger partial charge is 0.271 e. The van der Waals surface area contributed by atoms with Gasteiger partial charge in [0.25, 0.3) is 0 Å². The molecule has 2 atom stereocenters. The van der Waals surface area contributed by atoms with Gasteiger partial charge in [0, 0.05) is 10.8 Å². The fourth-order valence-corrected chi connectivity index (χ4v) is 4.27. The first-order valence-corrected chi connectivity index (χ1v) is 8.32. The van der Waals surface area contributed by atoms with E-state index in [1.54, 1.807) is 4.88 Å². The van der Waals surface area contributed by atoms with Gasteiger partial charge in [0.05, 0.1) is 6.04 Å². The van der Waals surface area contributed by atoms with Crippen molar-refractivity contribution in [1.82, 2.24) is 5.43 Å². The van der Waals surface area contributed by atoms with Crippen LogP contribution in [0.3, 0.4) is 0 Å². The van der Waals surface area contributed by atoms with Crippen molar-refractivity contribution in [2.45, 2.75) is 44.6 Å². The molecule has 106 valence electrons. The zero-order valence-electron chi connectivity index (χ0n) is 11.9. The number of hydrogen-bond donors (Lipinski definition) is 2. The second-order valence-electron chi connectivity index (χ2n) is 5.54. The number of fused-ring (bicyclic) bond motifs is 1. The third-order valence-corrected chi connectivity index (χ3v) is 5.42. The lowest BCUT2D eigenvalue weighted by Crippen LogP contribution is -2.33. The lowest BCUT2D eigenvalue weighted by molar-refractivity contribution is 0.411. The minimum absolute atomic E-state index is 0.217. The van der Waals surface area contributed by atoms with Gasteiger partial charge < -0.3 is 0 Å². The van der Waals surface area contributed by atoms with Crippen molar-refractivity contribution in [3.63, 3.8) is 0 Å². The molecule has 0 fully saturated rings.